The Morgan fingerprint density at radius 1 is 1.45 bits per heavy atom. The molecule has 0 bridgehead atoms. The van der Waals surface area contributed by atoms with Crippen LogP contribution in [0.5, 0.6) is 0 Å². The number of hydrogen-bond acceptors (Lipinski definition) is 6. The van der Waals surface area contributed by atoms with E-state index in [1.54, 1.807) is 4.31 Å². The summed E-state index contributed by atoms with van der Waals surface area (Å²) in [7, 11) is -1.38. The van der Waals surface area contributed by atoms with Gasteiger partial charge in [0.2, 0.25) is 15.9 Å². The van der Waals surface area contributed by atoms with Crippen LogP contribution in [-0.4, -0.2) is 48.3 Å². The molecule has 0 spiro atoms. The summed E-state index contributed by atoms with van der Waals surface area (Å²) in [5, 5.41) is 7.12. The zero-order valence-corrected chi connectivity index (χ0v) is 14.4. The molecule has 2 rings (SSSR count). The molecule has 0 radical (unpaired) electrons. The molecule has 2 unspecified atom stereocenters. The van der Waals surface area contributed by atoms with E-state index >= 15 is 0 Å². The summed E-state index contributed by atoms with van der Waals surface area (Å²) in [6.07, 6.45) is 3.88. The molecule has 1 aromatic rings. The number of sulfonamides is 1. The van der Waals surface area contributed by atoms with Crippen LogP contribution in [0.4, 0.5) is 0 Å². The molecule has 1 N–H and O–H groups in total. The SMILES string of the molecule is CCCS(=O)(=O)N1CCCCC1c1nc(CC(C)NC)no1. The van der Waals surface area contributed by atoms with Crippen LogP contribution in [0.15, 0.2) is 4.52 Å². The van der Waals surface area contributed by atoms with Crippen LogP contribution in [0, 0.1) is 0 Å². The first-order valence-electron chi connectivity index (χ1n) is 7.97. The third-order valence-electron chi connectivity index (χ3n) is 4.02. The van der Waals surface area contributed by atoms with Crippen LogP contribution in [0.25, 0.3) is 0 Å². The third-order valence-corrected chi connectivity index (χ3v) is 6.10. The molecule has 1 aromatic heterocycles. The Labute approximate surface area is 132 Å². The van der Waals surface area contributed by atoms with E-state index < -0.39 is 10.0 Å². The van der Waals surface area contributed by atoms with Crippen molar-refractivity contribution in [1.82, 2.24) is 19.8 Å². The van der Waals surface area contributed by atoms with Crippen LogP contribution in [0.1, 0.15) is 57.3 Å². The van der Waals surface area contributed by atoms with E-state index in [-0.39, 0.29) is 17.8 Å². The minimum Gasteiger partial charge on any atom is -0.338 e. The predicted octanol–water partition coefficient (Wildman–Crippen LogP) is 1.49. The number of likely N-dealkylation sites (N-methyl/N-ethyl adjacent to an activating group) is 1. The van der Waals surface area contributed by atoms with Crippen molar-refractivity contribution in [2.75, 3.05) is 19.3 Å². The fourth-order valence-electron chi connectivity index (χ4n) is 2.72. The second-order valence-electron chi connectivity index (χ2n) is 5.88. The van der Waals surface area contributed by atoms with E-state index in [9.17, 15) is 8.42 Å². The molecular formula is C14H26N4O3S. The molecule has 7 nitrogen and oxygen atoms in total. The second-order valence-corrected chi connectivity index (χ2v) is 7.92. The Morgan fingerprint density at radius 3 is 2.91 bits per heavy atom. The lowest BCUT2D eigenvalue weighted by Crippen LogP contribution is -2.39. The van der Waals surface area contributed by atoms with Gasteiger partial charge in [-0.3, -0.25) is 0 Å². The average molecular weight is 330 g/mol. The number of nitrogens with zero attached hydrogens (tertiary/aromatic N) is 3. The molecule has 1 saturated heterocycles. The highest BCUT2D eigenvalue weighted by Gasteiger charge is 2.36. The highest BCUT2D eigenvalue weighted by atomic mass is 32.2. The average Bonchev–Trinajstić information content (AvgIpc) is 2.95. The molecule has 8 heteroatoms. The van der Waals surface area contributed by atoms with Gasteiger partial charge in [-0.05, 0) is 33.2 Å². The summed E-state index contributed by atoms with van der Waals surface area (Å²) < 4.78 is 31.8. The molecule has 0 aromatic carbocycles. The summed E-state index contributed by atoms with van der Waals surface area (Å²) in [4.78, 5) is 4.42. The maximum absolute atomic E-state index is 12.4. The summed E-state index contributed by atoms with van der Waals surface area (Å²) in [5.74, 6) is 1.22. The minimum absolute atomic E-state index is 0.168. The summed E-state index contributed by atoms with van der Waals surface area (Å²) in [6, 6.07) is -0.0619. The number of nitrogens with one attached hydrogen (secondary N) is 1. The van der Waals surface area contributed by atoms with Crippen LogP contribution >= 0.6 is 0 Å². The Balaban J connectivity index is 2.17. The Morgan fingerprint density at radius 2 is 2.23 bits per heavy atom. The first-order valence-corrected chi connectivity index (χ1v) is 9.58. The second kappa shape index (κ2) is 7.52. The van der Waals surface area contributed by atoms with Crippen LogP contribution in [-0.2, 0) is 16.4 Å². The molecule has 0 amide bonds. The van der Waals surface area contributed by atoms with Crippen molar-refractivity contribution < 1.29 is 12.9 Å². The van der Waals surface area contributed by atoms with E-state index in [2.05, 4.69) is 15.5 Å². The number of rotatable bonds is 7. The van der Waals surface area contributed by atoms with Gasteiger partial charge in [-0.1, -0.05) is 18.5 Å². The molecule has 1 aliphatic rings. The van der Waals surface area contributed by atoms with Crippen molar-refractivity contribution in [1.29, 1.82) is 0 Å². The minimum atomic E-state index is -3.26. The van der Waals surface area contributed by atoms with E-state index in [4.69, 9.17) is 4.52 Å². The van der Waals surface area contributed by atoms with E-state index in [0.717, 1.165) is 19.3 Å². The van der Waals surface area contributed by atoms with Gasteiger partial charge >= 0.3 is 0 Å². The Hall–Kier alpha value is -0.990. The van der Waals surface area contributed by atoms with Gasteiger partial charge in [0.1, 0.15) is 6.04 Å². The molecule has 2 heterocycles. The Bertz CT molecular complexity index is 572. The van der Waals surface area contributed by atoms with Gasteiger partial charge in [-0.25, -0.2) is 8.42 Å². The molecule has 1 fully saturated rings. The standard InChI is InChI=1S/C14H26N4O3S/c1-4-9-22(19,20)18-8-6-5-7-12(18)14-16-13(17-21-14)10-11(2)15-3/h11-12,15H,4-10H2,1-3H3. The Kier molecular flexibility index (Phi) is 5.94. The third kappa shape index (κ3) is 4.05. The zero-order valence-electron chi connectivity index (χ0n) is 13.6. The zero-order chi connectivity index (χ0) is 16.2. The van der Waals surface area contributed by atoms with Crippen LogP contribution in [0.3, 0.4) is 0 Å². The van der Waals surface area contributed by atoms with Crippen LogP contribution in [0.2, 0.25) is 0 Å². The summed E-state index contributed by atoms with van der Waals surface area (Å²) in [6.45, 7) is 4.45. The normalized spacial score (nSPS) is 21.9. The highest BCUT2D eigenvalue weighted by molar-refractivity contribution is 7.89. The monoisotopic (exact) mass is 330 g/mol. The predicted molar refractivity (Wildman–Crippen MR) is 83.9 cm³/mol. The molecule has 22 heavy (non-hydrogen) atoms. The number of aromatic nitrogens is 2. The number of hydrogen-bond donors (Lipinski definition) is 1. The highest BCUT2D eigenvalue weighted by Crippen LogP contribution is 2.32. The summed E-state index contributed by atoms with van der Waals surface area (Å²) in [5.41, 5.74) is 0. The van der Waals surface area contributed by atoms with Gasteiger partial charge < -0.3 is 9.84 Å². The topological polar surface area (TPSA) is 88.3 Å². The lowest BCUT2D eigenvalue weighted by Gasteiger charge is -2.32. The van der Waals surface area contributed by atoms with Crippen molar-refractivity contribution in [2.24, 2.45) is 0 Å². The molecule has 1 aliphatic heterocycles. The van der Waals surface area contributed by atoms with Gasteiger partial charge in [0, 0.05) is 19.0 Å². The van der Waals surface area contributed by atoms with Crippen molar-refractivity contribution in [3.63, 3.8) is 0 Å². The van der Waals surface area contributed by atoms with Crippen LogP contribution < -0.4 is 5.32 Å². The summed E-state index contributed by atoms with van der Waals surface area (Å²) >= 11 is 0. The van der Waals surface area contributed by atoms with Gasteiger partial charge in [-0.15, -0.1) is 0 Å². The van der Waals surface area contributed by atoms with E-state index in [1.165, 1.54) is 0 Å². The lowest BCUT2D eigenvalue weighted by atomic mass is 10.1. The lowest BCUT2D eigenvalue weighted by molar-refractivity contribution is 0.204. The van der Waals surface area contributed by atoms with Gasteiger partial charge in [0.25, 0.3) is 0 Å². The van der Waals surface area contributed by atoms with Gasteiger partial charge in [-0.2, -0.15) is 9.29 Å². The molecular weight excluding hydrogens is 304 g/mol. The fraction of sp³-hybridized carbons (Fsp3) is 0.857. The van der Waals surface area contributed by atoms with Gasteiger partial charge in [0.05, 0.1) is 5.75 Å². The van der Waals surface area contributed by atoms with Crippen molar-refractivity contribution in [3.05, 3.63) is 11.7 Å². The molecule has 0 aliphatic carbocycles. The van der Waals surface area contributed by atoms with E-state index in [0.29, 0.717) is 31.1 Å². The van der Waals surface area contributed by atoms with Crippen molar-refractivity contribution in [2.45, 2.75) is 58.0 Å². The maximum Gasteiger partial charge on any atom is 0.245 e. The largest absolute Gasteiger partial charge is 0.338 e. The fourth-order valence-corrected chi connectivity index (χ4v) is 4.46. The number of piperidine rings is 1. The van der Waals surface area contributed by atoms with Crippen molar-refractivity contribution >= 4 is 10.0 Å². The van der Waals surface area contributed by atoms with Gasteiger partial charge in [0.15, 0.2) is 5.82 Å². The molecule has 2 atom stereocenters. The molecule has 126 valence electrons. The van der Waals surface area contributed by atoms with Crippen molar-refractivity contribution in [3.8, 4) is 0 Å². The first kappa shape index (κ1) is 17.4. The first-order chi connectivity index (χ1) is 10.5. The maximum atomic E-state index is 12.4. The molecule has 0 saturated carbocycles. The quantitative estimate of drug-likeness (QED) is 0.815. The van der Waals surface area contributed by atoms with E-state index in [1.807, 2.05) is 20.9 Å². The smallest absolute Gasteiger partial charge is 0.245 e.